The third kappa shape index (κ3) is 3.17. The first-order valence-electron chi connectivity index (χ1n) is 5.94. The molecule has 1 fully saturated rings. The van der Waals surface area contributed by atoms with E-state index < -0.39 is 23.5 Å². The van der Waals surface area contributed by atoms with Crippen LogP contribution in [0.15, 0.2) is 18.2 Å². The highest BCUT2D eigenvalue weighted by Gasteiger charge is 2.43. The van der Waals surface area contributed by atoms with Crippen LogP contribution in [0.4, 0.5) is 32.0 Å². The molecule has 0 aromatic heterocycles. The molecule has 0 unspecified atom stereocenters. The van der Waals surface area contributed by atoms with E-state index >= 15 is 0 Å². The van der Waals surface area contributed by atoms with Crippen molar-refractivity contribution in [3.8, 4) is 0 Å². The van der Waals surface area contributed by atoms with Crippen LogP contribution >= 0.6 is 0 Å². The number of nitrogens with zero attached hydrogens (tertiary/aromatic N) is 1. The van der Waals surface area contributed by atoms with Crippen molar-refractivity contribution in [3.05, 3.63) is 29.3 Å². The van der Waals surface area contributed by atoms with Gasteiger partial charge >= 0.3 is 12.4 Å². The molecule has 1 aliphatic heterocycles. The van der Waals surface area contributed by atoms with Crippen LogP contribution < -0.4 is 10.2 Å². The standard InChI is InChI=1S/C12H12F6N2/c13-11(14,15)9-2-1-8(7-10(9)12(16,17)18)20-5-3-19-4-6-20/h1-2,7,19H,3-6H2. The van der Waals surface area contributed by atoms with Crippen molar-refractivity contribution < 1.29 is 26.3 Å². The summed E-state index contributed by atoms with van der Waals surface area (Å²) in [5, 5.41) is 3.02. The maximum Gasteiger partial charge on any atom is 0.417 e. The van der Waals surface area contributed by atoms with E-state index in [-0.39, 0.29) is 5.69 Å². The normalized spacial score (nSPS) is 17.4. The first-order valence-corrected chi connectivity index (χ1v) is 5.94. The predicted octanol–water partition coefficient (Wildman–Crippen LogP) is 3.13. The van der Waals surface area contributed by atoms with Gasteiger partial charge in [-0.15, -0.1) is 0 Å². The highest BCUT2D eigenvalue weighted by atomic mass is 19.4. The van der Waals surface area contributed by atoms with E-state index in [1.54, 1.807) is 4.90 Å². The number of alkyl halides is 6. The Hall–Kier alpha value is -1.44. The number of anilines is 1. The van der Waals surface area contributed by atoms with Gasteiger partial charge in [0.1, 0.15) is 0 Å². The van der Waals surface area contributed by atoms with E-state index in [1.165, 1.54) is 0 Å². The highest BCUT2D eigenvalue weighted by Crippen LogP contribution is 2.41. The van der Waals surface area contributed by atoms with Gasteiger partial charge in [-0.05, 0) is 18.2 Å². The van der Waals surface area contributed by atoms with Gasteiger partial charge in [0.25, 0.3) is 0 Å². The molecule has 20 heavy (non-hydrogen) atoms. The molecule has 0 bridgehead atoms. The molecule has 0 radical (unpaired) electrons. The maximum atomic E-state index is 12.8. The Kier molecular flexibility index (Phi) is 3.86. The summed E-state index contributed by atoms with van der Waals surface area (Å²) >= 11 is 0. The molecule has 112 valence electrons. The molecule has 1 aromatic carbocycles. The Balaban J connectivity index is 2.43. The van der Waals surface area contributed by atoms with Gasteiger partial charge in [0.2, 0.25) is 0 Å². The fourth-order valence-corrected chi connectivity index (χ4v) is 2.13. The van der Waals surface area contributed by atoms with Gasteiger partial charge in [0.15, 0.2) is 0 Å². The van der Waals surface area contributed by atoms with Gasteiger partial charge in [-0.2, -0.15) is 26.3 Å². The van der Waals surface area contributed by atoms with Gasteiger partial charge in [0, 0.05) is 31.9 Å². The molecule has 2 rings (SSSR count). The van der Waals surface area contributed by atoms with Crippen molar-refractivity contribution >= 4 is 5.69 Å². The lowest BCUT2D eigenvalue weighted by Gasteiger charge is -2.30. The van der Waals surface area contributed by atoms with Crippen molar-refractivity contribution in [2.24, 2.45) is 0 Å². The predicted molar refractivity (Wildman–Crippen MR) is 61.5 cm³/mol. The molecular formula is C12H12F6N2. The molecule has 1 aromatic rings. The van der Waals surface area contributed by atoms with E-state index in [4.69, 9.17) is 0 Å². The Bertz CT molecular complexity index is 474. The number of halogens is 6. The van der Waals surface area contributed by atoms with Crippen LogP contribution in [0.2, 0.25) is 0 Å². The third-order valence-electron chi connectivity index (χ3n) is 3.10. The monoisotopic (exact) mass is 298 g/mol. The fourth-order valence-electron chi connectivity index (χ4n) is 2.13. The average Bonchev–Trinajstić information content (AvgIpc) is 2.37. The number of piperazine rings is 1. The van der Waals surface area contributed by atoms with Crippen LogP contribution in [0.5, 0.6) is 0 Å². The smallest absolute Gasteiger partial charge is 0.369 e. The van der Waals surface area contributed by atoms with Crippen LogP contribution in [-0.4, -0.2) is 26.2 Å². The molecule has 0 saturated carbocycles. The minimum Gasteiger partial charge on any atom is -0.369 e. The average molecular weight is 298 g/mol. The van der Waals surface area contributed by atoms with Crippen molar-refractivity contribution in [1.82, 2.24) is 5.32 Å². The fraction of sp³-hybridized carbons (Fsp3) is 0.500. The van der Waals surface area contributed by atoms with Crippen LogP contribution in [0.3, 0.4) is 0 Å². The Morgan fingerprint density at radius 1 is 0.850 bits per heavy atom. The molecule has 2 nitrogen and oxygen atoms in total. The van der Waals surface area contributed by atoms with E-state index in [0.717, 1.165) is 6.07 Å². The summed E-state index contributed by atoms with van der Waals surface area (Å²) in [5.74, 6) is 0. The first-order chi connectivity index (χ1) is 9.19. The molecule has 8 heteroatoms. The van der Waals surface area contributed by atoms with Crippen LogP contribution in [0, 0.1) is 0 Å². The molecule has 1 heterocycles. The number of hydrogen-bond acceptors (Lipinski definition) is 2. The molecule has 1 aliphatic rings. The minimum atomic E-state index is -5.03. The van der Waals surface area contributed by atoms with E-state index in [2.05, 4.69) is 5.32 Å². The number of rotatable bonds is 1. The zero-order chi connectivity index (χ0) is 15.0. The summed E-state index contributed by atoms with van der Waals surface area (Å²) in [6.07, 6.45) is -10.1. The zero-order valence-corrected chi connectivity index (χ0v) is 10.3. The van der Waals surface area contributed by atoms with Crippen molar-refractivity contribution in [2.45, 2.75) is 12.4 Å². The summed E-state index contributed by atoms with van der Waals surface area (Å²) in [5.41, 5.74) is -3.13. The SMILES string of the molecule is FC(F)(F)c1ccc(N2CCNCC2)cc1C(F)(F)F. The van der Waals surface area contributed by atoms with Gasteiger partial charge in [-0.1, -0.05) is 0 Å². The highest BCUT2D eigenvalue weighted by molar-refractivity contribution is 5.53. The summed E-state index contributed by atoms with van der Waals surface area (Å²) in [4.78, 5) is 1.63. The summed E-state index contributed by atoms with van der Waals surface area (Å²) < 4.78 is 76.3. The van der Waals surface area contributed by atoms with E-state index in [9.17, 15) is 26.3 Å². The topological polar surface area (TPSA) is 15.3 Å². The molecule has 1 N–H and O–H groups in total. The molecule has 0 atom stereocenters. The number of benzene rings is 1. The summed E-state index contributed by atoms with van der Waals surface area (Å²) in [7, 11) is 0. The van der Waals surface area contributed by atoms with E-state index in [1.807, 2.05) is 0 Å². The van der Waals surface area contributed by atoms with Gasteiger partial charge in [-0.25, -0.2) is 0 Å². The van der Waals surface area contributed by atoms with E-state index in [0.29, 0.717) is 38.3 Å². The van der Waals surface area contributed by atoms with Crippen molar-refractivity contribution in [3.63, 3.8) is 0 Å². The molecular weight excluding hydrogens is 286 g/mol. The molecule has 0 amide bonds. The number of nitrogens with one attached hydrogen (secondary N) is 1. The van der Waals surface area contributed by atoms with Crippen molar-refractivity contribution in [1.29, 1.82) is 0 Å². The van der Waals surface area contributed by atoms with Gasteiger partial charge < -0.3 is 10.2 Å². The first kappa shape index (κ1) is 15.0. The number of hydrogen-bond donors (Lipinski definition) is 1. The molecule has 1 saturated heterocycles. The maximum absolute atomic E-state index is 12.8. The molecule has 0 spiro atoms. The second kappa shape index (κ2) is 5.16. The van der Waals surface area contributed by atoms with Gasteiger partial charge in [-0.3, -0.25) is 0 Å². The Morgan fingerprint density at radius 2 is 1.40 bits per heavy atom. The Morgan fingerprint density at radius 3 is 1.90 bits per heavy atom. The largest absolute Gasteiger partial charge is 0.417 e. The summed E-state index contributed by atoms with van der Waals surface area (Å²) in [6.45, 7) is 2.09. The lowest BCUT2D eigenvalue weighted by Crippen LogP contribution is -2.43. The zero-order valence-electron chi connectivity index (χ0n) is 10.3. The van der Waals surface area contributed by atoms with Crippen LogP contribution in [0.1, 0.15) is 11.1 Å². The molecule has 0 aliphatic carbocycles. The van der Waals surface area contributed by atoms with Gasteiger partial charge in [0.05, 0.1) is 11.1 Å². The summed E-state index contributed by atoms with van der Waals surface area (Å²) in [6, 6.07) is 2.16. The second-order valence-corrected chi connectivity index (χ2v) is 4.46. The Labute approximate surface area is 111 Å². The lowest BCUT2D eigenvalue weighted by molar-refractivity contribution is -0.162. The lowest BCUT2D eigenvalue weighted by atomic mass is 10.0. The minimum absolute atomic E-state index is 0.159. The van der Waals surface area contributed by atoms with Crippen LogP contribution in [0.25, 0.3) is 0 Å². The quantitative estimate of drug-likeness (QED) is 0.801. The third-order valence-corrected chi connectivity index (χ3v) is 3.10. The van der Waals surface area contributed by atoms with Crippen molar-refractivity contribution in [2.75, 3.05) is 31.1 Å². The van der Waals surface area contributed by atoms with Crippen LogP contribution in [-0.2, 0) is 12.4 Å². The second-order valence-electron chi connectivity index (χ2n) is 4.46.